The number of phenolic OH excluding ortho intramolecular Hbond substituents is 1. The van der Waals surface area contributed by atoms with Crippen LogP contribution in [0, 0.1) is 0 Å². The van der Waals surface area contributed by atoms with Gasteiger partial charge < -0.3 is 15.2 Å². The number of aromatic amines is 1. The number of nitrogens with one attached hydrogen (secondary N) is 2. The Kier molecular flexibility index (Phi) is 8.54. The molecule has 1 heterocycles. The number of H-pyrrole nitrogens is 1. The van der Waals surface area contributed by atoms with Crippen LogP contribution >= 0.6 is 39.3 Å². The van der Waals surface area contributed by atoms with Crippen LogP contribution in [0.4, 0.5) is 5.69 Å². The number of carbonyl (C=O) groups excluding carboxylic acids is 2. The van der Waals surface area contributed by atoms with Gasteiger partial charge in [-0.15, -0.1) is 5.10 Å². The van der Waals surface area contributed by atoms with Crippen LogP contribution < -0.4 is 5.32 Å². The summed E-state index contributed by atoms with van der Waals surface area (Å²) in [5.74, 6) is -0.348. The summed E-state index contributed by atoms with van der Waals surface area (Å²) in [6, 6.07) is 9.59. The Labute approximate surface area is 202 Å². The SMILES string of the molecule is CCCCOC(=O)c1cc(NC(=O)CSc2n[nH]c(-c3cc(Br)ccc3O)n2)ccc1Cl. The highest BCUT2D eigenvalue weighted by Gasteiger charge is 2.15. The largest absolute Gasteiger partial charge is 0.507 e. The van der Waals surface area contributed by atoms with Crippen LogP contribution in [-0.2, 0) is 9.53 Å². The molecule has 0 spiro atoms. The highest BCUT2D eigenvalue weighted by molar-refractivity contribution is 9.10. The Morgan fingerprint density at radius 2 is 2.09 bits per heavy atom. The maximum Gasteiger partial charge on any atom is 0.339 e. The maximum absolute atomic E-state index is 12.3. The van der Waals surface area contributed by atoms with E-state index < -0.39 is 5.97 Å². The van der Waals surface area contributed by atoms with E-state index in [1.807, 2.05) is 6.92 Å². The lowest BCUT2D eigenvalue weighted by Gasteiger charge is -2.09. The number of amides is 1. The van der Waals surface area contributed by atoms with Gasteiger partial charge in [-0.3, -0.25) is 9.89 Å². The topological polar surface area (TPSA) is 117 Å². The summed E-state index contributed by atoms with van der Waals surface area (Å²) in [5, 5.41) is 20.1. The van der Waals surface area contributed by atoms with Gasteiger partial charge in [0.2, 0.25) is 11.1 Å². The van der Waals surface area contributed by atoms with Crippen LogP contribution in [-0.4, -0.2) is 44.5 Å². The second-order valence-electron chi connectivity index (χ2n) is 6.65. The molecule has 0 aliphatic heterocycles. The highest BCUT2D eigenvalue weighted by atomic mass is 79.9. The molecular formula is C21H20BrClN4O4S. The summed E-state index contributed by atoms with van der Waals surface area (Å²) in [4.78, 5) is 28.8. The standard InChI is InChI=1S/C21H20BrClN4O4S/c1-2-3-8-31-20(30)14-10-13(5-6-16(14)23)24-18(29)11-32-21-25-19(26-27-21)15-9-12(22)4-7-17(15)28/h4-7,9-10,28H,2-3,8,11H2,1H3,(H,24,29)(H,25,26,27). The van der Waals surface area contributed by atoms with Gasteiger partial charge in [-0.2, -0.15) is 0 Å². The van der Waals surface area contributed by atoms with E-state index in [9.17, 15) is 14.7 Å². The van der Waals surface area contributed by atoms with E-state index in [1.165, 1.54) is 12.1 Å². The zero-order valence-electron chi connectivity index (χ0n) is 17.0. The summed E-state index contributed by atoms with van der Waals surface area (Å²) in [5.41, 5.74) is 1.11. The van der Waals surface area contributed by atoms with Crippen molar-refractivity contribution in [1.82, 2.24) is 15.2 Å². The summed E-state index contributed by atoms with van der Waals surface area (Å²) >= 11 is 10.6. The number of thioether (sulfide) groups is 1. The lowest BCUT2D eigenvalue weighted by molar-refractivity contribution is -0.113. The molecule has 0 radical (unpaired) electrons. The smallest absolute Gasteiger partial charge is 0.339 e. The molecule has 0 fully saturated rings. The van der Waals surface area contributed by atoms with E-state index in [-0.39, 0.29) is 28.0 Å². The van der Waals surface area contributed by atoms with Gasteiger partial charge in [0.25, 0.3) is 0 Å². The molecule has 0 aliphatic carbocycles. The zero-order chi connectivity index (χ0) is 23.1. The lowest BCUT2D eigenvalue weighted by Crippen LogP contribution is -2.15. The number of hydrogen-bond acceptors (Lipinski definition) is 7. The Bertz CT molecular complexity index is 1120. The highest BCUT2D eigenvalue weighted by Crippen LogP contribution is 2.30. The first kappa shape index (κ1) is 24.1. The number of aromatic hydroxyl groups is 1. The number of ether oxygens (including phenoxy) is 1. The van der Waals surface area contributed by atoms with Crippen molar-refractivity contribution in [2.45, 2.75) is 24.9 Å². The number of nitrogens with zero attached hydrogens (tertiary/aromatic N) is 2. The summed E-state index contributed by atoms with van der Waals surface area (Å²) in [6.45, 7) is 2.31. The fraction of sp³-hybridized carbons (Fsp3) is 0.238. The number of anilines is 1. The van der Waals surface area contributed by atoms with Crippen molar-refractivity contribution >= 4 is 56.9 Å². The number of carbonyl (C=O) groups is 2. The minimum absolute atomic E-state index is 0.0423. The van der Waals surface area contributed by atoms with Gasteiger partial charge in [0.15, 0.2) is 5.82 Å². The van der Waals surface area contributed by atoms with Crippen LogP contribution in [0.25, 0.3) is 11.4 Å². The van der Waals surface area contributed by atoms with E-state index in [4.69, 9.17) is 16.3 Å². The van der Waals surface area contributed by atoms with E-state index in [1.54, 1.807) is 24.3 Å². The Morgan fingerprint density at radius 1 is 1.28 bits per heavy atom. The normalized spacial score (nSPS) is 10.7. The van der Waals surface area contributed by atoms with Crippen LogP contribution in [0.5, 0.6) is 5.75 Å². The van der Waals surface area contributed by atoms with Gasteiger partial charge in [-0.1, -0.05) is 52.6 Å². The third-order valence-corrected chi connectivity index (χ3v) is 5.88. The number of hydrogen-bond donors (Lipinski definition) is 3. The number of unbranched alkanes of at least 4 members (excludes halogenated alkanes) is 1. The van der Waals surface area contributed by atoms with Gasteiger partial charge in [0, 0.05) is 10.2 Å². The van der Waals surface area contributed by atoms with Crippen LogP contribution in [0.15, 0.2) is 46.0 Å². The van der Waals surface area contributed by atoms with Crippen molar-refractivity contribution < 1.29 is 19.4 Å². The molecule has 3 rings (SSSR count). The van der Waals surface area contributed by atoms with Crippen molar-refractivity contribution in [2.24, 2.45) is 0 Å². The minimum Gasteiger partial charge on any atom is -0.507 e. The molecule has 1 aromatic heterocycles. The van der Waals surface area contributed by atoms with Gasteiger partial charge in [0.05, 0.1) is 28.5 Å². The number of halogens is 2. The quantitative estimate of drug-likeness (QED) is 0.192. The second-order valence-corrected chi connectivity index (χ2v) is 8.91. The molecule has 0 saturated heterocycles. The van der Waals surface area contributed by atoms with Crippen molar-refractivity contribution in [3.05, 3.63) is 51.5 Å². The van der Waals surface area contributed by atoms with Crippen molar-refractivity contribution in [3.63, 3.8) is 0 Å². The van der Waals surface area contributed by atoms with E-state index >= 15 is 0 Å². The predicted octanol–water partition coefficient (Wildman–Crippen LogP) is 5.28. The number of benzene rings is 2. The molecule has 3 aromatic rings. The van der Waals surface area contributed by atoms with Crippen molar-refractivity contribution in [1.29, 1.82) is 0 Å². The van der Waals surface area contributed by atoms with Gasteiger partial charge in [-0.05, 0) is 42.8 Å². The molecule has 168 valence electrons. The number of rotatable bonds is 9. The first-order valence-corrected chi connectivity index (χ1v) is 11.8. The van der Waals surface area contributed by atoms with Crippen molar-refractivity contribution in [3.8, 4) is 17.1 Å². The second kappa shape index (κ2) is 11.3. The predicted molar refractivity (Wildman–Crippen MR) is 127 cm³/mol. The number of aromatic nitrogens is 3. The van der Waals surface area contributed by atoms with Crippen molar-refractivity contribution in [2.75, 3.05) is 17.7 Å². The minimum atomic E-state index is -0.530. The van der Waals surface area contributed by atoms with Gasteiger partial charge >= 0.3 is 5.97 Å². The van der Waals surface area contributed by atoms with Gasteiger partial charge in [-0.25, -0.2) is 9.78 Å². The molecule has 1 amide bonds. The van der Waals surface area contributed by atoms with Crippen LogP contribution in [0.2, 0.25) is 5.02 Å². The molecule has 11 heteroatoms. The molecule has 32 heavy (non-hydrogen) atoms. The molecule has 0 atom stereocenters. The third-order valence-electron chi connectivity index (χ3n) is 4.21. The van der Waals surface area contributed by atoms with Crippen LogP contribution in [0.3, 0.4) is 0 Å². The van der Waals surface area contributed by atoms with E-state index in [2.05, 4.69) is 36.4 Å². The van der Waals surface area contributed by atoms with Gasteiger partial charge in [0.1, 0.15) is 5.75 Å². The van der Waals surface area contributed by atoms with E-state index in [0.29, 0.717) is 28.8 Å². The molecular weight excluding hydrogens is 520 g/mol. The Balaban J connectivity index is 1.58. The summed E-state index contributed by atoms with van der Waals surface area (Å²) in [6.07, 6.45) is 1.67. The molecule has 0 saturated carbocycles. The summed E-state index contributed by atoms with van der Waals surface area (Å²) in [7, 11) is 0. The zero-order valence-corrected chi connectivity index (χ0v) is 20.2. The fourth-order valence-electron chi connectivity index (χ4n) is 2.60. The fourth-order valence-corrected chi connectivity index (χ4v) is 3.76. The van der Waals surface area contributed by atoms with E-state index in [0.717, 1.165) is 29.1 Å². The monoisotopic (exact) mass is 538 g/mol. The molecule has 0 aliphatic rings. The molecule has 0 unspecified atom stereocenters. The average molecular weight is 540 g/mol. The lowest BCUT2D eigenvalue weighted by atomic mass is 10.2. The average Bonchev–Trinajstić information content (AvgIpc) is 3.24. The molecule has 2 aromatic carbocycles. The first-order valence-electron chi connectivity index (χ1n) is 9.68. The molecule has 0 bridgehead atoms. The number of phenols is 1. The number of esters is 1. The molecule has 8 nitrogen and oxygen atoms in total. The Hall–Kier alpha value is -2.56. The van der Waals surface area contributed by atoms with Crippen LogP contribution in [0.1, 0.15) is 30.1 Å². The summed E-state index contributed by atoms with van der Waals surface area (Å²) < 4.78 is 5.97. The maximum atomic E-state index is 12.3. The third kappa shape index (κ3) is 6.47. The first-order chi connectivity index (χ1) is 15.4. The Morgan fingerprint density at radius 3 is 2.88 bits per heavy atom. The molecule has 3 N–H and O–H groups in total.